The van der Waals surface area contributed by atoms with E-state index in [0.29, 0.717) is 51.1 Å². The first kappa shape index (κ1) is 22.4. The van der Waals surface area contributed by atoms with E-state index in [1.54, 1.807) is 4.90 Å². The van der Waals surface area contributed by atoms with E-state index in [0.717, 1.165) is 23.1 Å². The molecule has 1 aromatic carbocycles. The molecule has 1 aromatic rings. The van der Waals surface area contributed by atoms with Crippen LogP contribution in [0.3, 0.4) is 0 Å². The van der Waals surface area contributed by atoms with Gasteiger partial charge in [0.15, 0.2) is 0 Å². The molecule has 1 atom stereocenters. The Morgan fingerprint density at radius 3 is 2.58 bits per heavy atom. The second-order valence-corrected chi connectivity index (χ2v) is 10.4. The molecule has 0 spiro atoms. The number of fused-ring (bicyclic) bond motifs is 1. The lowest BCUT2D eigenvalue weighted by molar-refractivity contribution is -0.169. The quantitative estimate of drug-likeness (QED) is 0.689. The maximum atomic E-state index is 13.1. The maximum absolute atomic E-state index is 13.1. The van der Waals surface area contributed by atoms with Crippen molar-refractivity contribution in [2.24, 2.45) is 5.41 Å². The predicted molar refractivity (Wildman–Crippen MR) is 116 cm³/mol. The molecule has 2 saturated heterocycles. The minimum atomic E-state index is -0.586. The third-order valence-corrected chi connectivity index (χ3v) is 6.32. The predicted octanol–water partition coefficient (Wildman–Crippen LogP) is 3.57. The van der Waals surface area contributed by atoms with Gasteiger partial charge >= 0.3 is 6.09 Å². The molecular weight excluding hydrogens is 420 g/mol. The van der Waals surface area contributed by atoms with Crippen LogP contribution in [0.15, 0.2) is 12.1 Å². The molecule has 0 N–H and O–H groups in total. The molecule has 2 fully saturated rings. The van der Waals surface area contributed by atoms with Gasteiger partial charge in [0, 0.05) is 24.7 Å². The van der Waals surface area contributed by atoms with Crippen LogP contribution in [0.1, 0.15) is 50.4 Å². The summed E-state index contributed by atoms with van der Waals surface area (Å²) in [4.78, 5) is 29.7. The Morgan fingerprint density at radius 1 is 1.19 bits per heavy atom. The van der Waals surface area contributed by atoms with Gasteiger partial charge in [-0.2, -0.15) is 0 Å². The first-order valence-corrected chi connectivity index (χ1v) is 11.2. The minimum Gasteiger partial charge on any atom is -0.444 e. The monoisotopic (exact) mass is 450 g/mol. The van der Waals surface area contributed by atoms with Crippen LogP contribution in [0.4, 0.5) is 4.79 Å². The van der Waals surface area contributed by atoms with Gasteiger partial charge in [-0.1, -0.05) is 11.6 Å². The van der Waals surface area contributed by atoms with E-state index in [-0.39, 0.29) is 18.0 Å². The molecule has 2 amide bonds. The molecule has 4 rings (SSSR count). The number of amides is 2. The molecule has 3 aliphatic rings. The van der Waals surface area contributed by atoms with Gasteiger partial charge in [-0.25, -0.2) is 4.79 Å². The SMILES string of the molecule is CC(C)(C)OC(=O)N1CCOCC1c1cc(Cl)cc2c1CN(C(=O)C1(C)COC1)CC2. The van der Waals surface area contributed by atoms with Gasteiger partial charge in [-0.05, 0) is 62.9 Å². The van der Waals surface area contributed by atoms with Crippen molar-refractivity contribution >= 4 is 23.6 Å². The summed E-state index contributed by atoms with van der Waals surface area (Å²) in [6.07, 6.45) is 0.364. The third-order valence-electron chi connectivity index (χ3n) is 6.10. The van der Waals surface area contributed by atoms with Crippen molar-refractivity contribution in [2.75, 3.05) is 39.5 Å². The largest absolute Gasteiger partial charge is 0.444 e. The second-order valence-electron chi connectivity index (χ2n) is 9.93. The maximum Gasteiger partial charge on any atom is 0.410 e. The van der Waals surface area contributed by atoms with Crippen LogP contribution in [0.25, 0.3) is 0 Å². The topological polar surface area (TPSA) is 68.3 Å². The lowest BCUT2D eigenvalue weighted by atomic mass is 9.84. The molecule has 0 bridgehead atoms. The fraction of sp³-hybridized carbons (Fsp3) is 0.652. The standard InChI is InChI=1S/C23H31ClN2O5/c1-22(2,3)31-21(28)26-7-8-29-12-19(26)17-10-16(24)9-15-5-6-25(11-18(15)17)20(27)23(4)13-30-14-23/h9-10,19H,5-8,11-14H2,1-4H3. The Balaban J connectivity index is 1.64. The molecule has 0 aliphatic carbocycles. The number of rotatable bonds is 2. The summed E-state index contributed by atoms with van der Waals surface area (Å²) in [6.45, 7) is 10.9. The van der Waals surface area contributed by atoms with Gasteiger partial charge in [-0.15, -0.1) is 0 Å². The summed E-state index contributed by atoms with van der Waals surface area (Å²) in [5.74, 6) is 0.120. The average molecular weight is 451 g/mol. The van der Waals surface area contributed by atoms with Gasteiger partial charge < -0.3 is 19.1 Å². The highest BCUT2D eigenvalue weighted by atomic mass is 35.5. The summed E-state index contributed by atoms with van der Waals surface area (Å²) in [5, 5.41) is 0.627. The number of hydrogen-bond acceptors (Lipinski definition) is 5. The number of nitrogens with zero attached hydrogens (tertiary/aromatic N) is 2. The Hall–Kier alpha value is -1.83. The van der Waals surface area contributed by atoms with E-state index in [9.17, 15) is 9.59 Å². The van der Waals surface area contributed by atoms with E-state index in [1.807, 2.05) is 44.7 Å². The Kier molecular flexibility index (Phi) is 5.96. The van der Waals surface area contributed by atoms with E-state index < -0.39 is 11.0 Å². The van der Waals surface area contributed by atoms with Gasteiger partial charge in [-0.3, -0.25) is 9.69 Å². The van der Waals surface area contributed by atoms with Gasteiger partial charge in [0.2, 0.25) is 5.91 Å². The van der Waals surface area contributed by atoms with Gasteiger partial charge in [0.05, 0.1) is 37.9 Å². The number of carbonyl (C=O) groups is 2. The molecule has 7 nitrogen and oxygen atoms in total. The van der Waals surface area contributed by atoms with Crippen LogP contribution in [0, 0.1) is 5.41 Å². The van der Waals surface area contributed by atoms with Crippen LogP contribution >= 0.6 is 11.6 Å². The van der Waals surface area contributed by atoms with Gasteiger partial charge in [0.25, 0.3) is 0 Å². The molecule has 8 heteroatoms. The lowest BCUT2D eigenvalue weighted by Gasteiger charge is -2.43. The van der Waals surface area contributed by atoms with Crippen LogP contribution < -0.4 is 0 Å². The molecule has 3 heterocycles. The van der Waals surface area contributed by atoms with Crippen molar-refractivity contribution in [1.82, 2.24) is 9.80 Å². The zero-order valence-corrected chi connectivity index (χ0v) is 19.5. The van der Waals surface area contributed by atoms with Crippen molar-refractivity contribution in [3.8, 4) is 0 Å². The lowest BCUT2D eigenvalue weighted by Crippen LogP contribution is -2.54. The smallest absolute Gasteiger partial charge is 0.410 e. The summed E-state index contributed by atoms with van der Waals surface area (Å²) >= 11 is 6.47. The Morgan fingerprint density at radius 2 is 1.94 bits per heavy atom. The molecular formula is C23H31ClN2O5. The molecule has 31 heavy (non-hydrogen) atoms. The molecule has 3 aliphatic heterocycles. The summed E-state index contributed by atoms with van der Waals surface area (Å²) in [6, 6.07) is 3.56. The van der Waals surface area contributed by atoms with Crippen LogP contribution in [0.2, 0.25) is 5.02 Å². The van der Waals surface area contributed by atoms with Crippen LogP contribution in [-0.4, -0.2) is 66.9 Å². The minimum absolute atomic E-state index is 0.120. The number of morpholine rings is 1. The first-order valence-electron chi connectivity index (χ1n) is 10.8. The number of benzene rings is 1. The second kappa shape index (κ2) is 8.26. The highest BCUT2D eigenvalue weighted by Crippen LogP contribution is 2.37. The average Bonchev–Trinajstić information content (AvgIpc) is 2.69. The third kappa shape index (κ3) is 4.54. The van der Waals surface area contributed by atoms with Crippen molar-refractivity contribution in [3.05, 3.63) is 33.8 Å². The molecule has 0 aromatic heterocycles. The normalized spacial score (nSPS) is 23.1. The molecule has 1 unspecified atom stereocenters. The zero-order chi connectivity index (χ0) is 22.4. The Labute approximate surface area is 188 Å². The van der Waals surface area contributed by atoms with Crippen molar-refractivity contribution < 1.29 is 23.8 Å². The number of carbonyl (C=O) groups excluding carboxylic acids is 2. The van der Waals surface area contributed by atoms with Crippen LogP contribution in [0.5, 0.6) is 0 Å². The van der Waals surface area contributed by atoms with E-state index in [4.69, 9.17) is 25.8 Å². The fourth-order valence-electron chi connectivity index (χ4n) is 4.44. The summed E-state index contributed by atoms with van der Waals surface area (Å²) in [5.41, 5.74) is 2.08. The van der Waals surface area contributed by atoms with E-state index in [1.165, 1.54) is 0 Å². The molecule has 0 radical (unpaired) electrons. The number of hydrogen-bond donors (Lipinski definition) is 0. The van der Waals surface area contributed by atoms with Crippen molar-refractivity contribution in [2.45, 2.75) is 52.3 Å². The highest BCUT2D eigenvalue weighted by Gasteiger charge is 2.44. The van der Waals surface area contributed by atoms with E-state index in [2.05, 4.69) is 0 Å². The summed E-state index contributed by atoms with van der Waals surface area (Å²) < 4.78 is 16.7. The van der Waals surface area contributed by atoms with Crippen molar-refractivity contribution in [1.29, 1.82) is 0 Å². The van der Waals surface area contributed by atoms with Crippen LogP contribution in [-0.2, 0) is 32.0 Å². The Bertz CT molecular complexity index is 877. The number of ether oxygens (including phenoxy) is 3. The van der Waals surface area contributed by atoms with Crippen molar-refractivity contribution in [3.63, 3.8) is 0 Å². The fourth-order valence-corrected chi connectivity index (χ4v) is 4.69. The highest BCUT2D eigenvalue weighted by molar-refractivity contribution is 6.30. The summed E-state index contributed by atoms with van der Waals surface area (Å²) in [7, 11) is 0. The molecule has 0 saturated carbocycles. The number of halogens is 1. The molecule has 170 valence electrons. The van der Waals surface area contributed by atoms with Gasteiger partial charge in [0.1, 0.15) is 5.60 Å². The zero-order valence-electron chi connectivity index (χ0n) is 18.7. The first-order chi connectivity index (χ1) is 14.6. The van der Waals surface area contributed by atoms with E-state index >= 15 is 0 Å².